The minimum absolute atomic E-state index is 0.0830. The number of fused-ring (bicyclic) bond motifs is 1. The van der Waals surface area contributed by atoms with E-state index in [1.807, 2.05) is 30.9 Å². The van der Waals surface area contributed by atoms with Gasteiger partial charge in [0.2, 0.25) is 0 Å². The van der Waals surface area contributed by atoms with Crippen LogP contribution in [0.5, 0.6) is 0 Å². The fourth-order valence-electron chi connectivity index (χ4n) is 3.20. The van der Waals surface area contributed by atoms with Crippen molar-refractivity contribution in [3.05, 3.63) is 18.3 Å². The Balaban J connectivity index is 1.65. The number of H-pyrrole nitrogens is 1. The van der Waals surface area contributed by atoms with Crippen molar-refractivity contribution >= 4 is 29.0 Å². The van der Waals surface area contributed by atoms with E-state index < -0.39 is 0 Å². The van der Waals surface area contributed by atoms with E-state index in [0.717, 1.165) is 60.8 Å². The number of carbonyl (C=O) groups excluding carboxylic acids is 1. The van der Waals surface area contributed by atoms with Crippen molar-refractivity contribution in [3.8, 4) is 0 Å². The summed E-state index contributed by atoms with van der Waals surface area (Å²) in [4.78, 5) is 26.5. The van der Waals surface area contributed by atoms with Crippen molar-refractivity contribution in [1.82, 2.24) is 25.2 Å². The molecule has 2 N–H and O–H groups in total. The van der Waals surface area contributed by atoms with Crippen molar-refractivity contribution in [3.63, 3.8) is 0 Å². The number of carbonyl (C=O) groups is 1. The second-order valence-electron chi connectivity index (χ2n) is 7.83. The number of nitrogens with one attached hydrogen (secondary N) is 2. The van der Waals surface area contributed by atoms with Gasteiger partial charge in [0.15, 0.2) is 10.8 Å². The van der Waals surface area contributed by atoms with Crippen LogP contribution >= 0.6 is 11.8 Å². The van der Waals surface area contributed by atoms with Crippen LogP contribution in [0.4, 0.5) is 4.79 Å². The van der Waals surface area contributed by atoms with E-state index in [1.165, 1.54) is 25.7 Å². The monoisotopic (exact) mass is 419 g/mol. The molecular weight excluding hydrogens is 382 g/mol. The Morgan fingerprint density at radius 1 is 1.14 bits per heavy atom. The van der Waals surface area contributed by atoms with E-state index in [0.29, 0.717) is 0 Å². The number of aromatic amines is 1. The Morgan fingerprint density at radius 2 is 1.86 bits per heavy atom. The Labute approximate surface area is 179 Å². The van der Waals surface area contributed by atoms with E-state index in [2.05, 4.69) is 27.2 Å². The predicted octanol–water partition coefficient (Wildman–Crippen LogP) is 5.61. The molecule has 162 valence electrons. The molecule has 0 radical (unpaired) electrons. The summed E-state index contributed by atoms with van der Waals surface area (Å²) in [6.07, 6.45) is 11.2. The van der Waals surface area contributed by atoms with Crippen molar-refractivity contribution in [2.75, 3.05) is 18.8 Å². The molecule has 2 aromatic rings. The maximum atomic E-state index is 12.5. The Kier molecular flexibility index (Phi) is 10.9. The number of imidazole rings is 1. The van der Waals surface area contributed by atoms with Crippen LogP contribution in [0, 0.1) is 0 Å². The highest BCUT2D eigenvalue weighted by atomic mass is 32.2. The number of aromatic nitrogens is 3. The SMILES string of the molecule is CCCCCCCN(CCCCCSc1nc2ncccc2[nH]1)C(=O)NC(C)C. The first-order valence-corrected chi connectivity index (χ1v) is 12.1. The molecule has 2 aromatic heterocycles. The highest BCUT2D eigenvalue weighted by molar-refractivity contribution is 7.99. The third-order valence-electron chi connectivity index (χ3n) is 4.78. The summed E-state index contributed by atoms with van der Waals surface area (Å²) in [6, 6.07) is 4.18. The van der Waals surface area contributed by atoms with Crippen LogP contribution in [0.2, 0.25) is 0 Å². The fraction of sp³-hybridized carbons (Fsp3) is 0.682. The molecule has 29 heavy (non-hydrogen) atoms. The molecule has 0 spiro atoms. The van der Waals surface area contributed by atoms with Gasteiger partial charge in [-0.1, -0.05) is 50.8 Å². The van der Waals surface area contributed by atoms with Crippen molar-refractivity contribution in [1.29, 1.82) is 0 Å². The van der Waals surface area contributed by atoms with Gasteiger partial charge in [0.1, 0.15) is 0 Å². The second-order valence-corrected chi connectivity index (χ2v) is 8.91. The summed E-state index contributed by atoms with van der Waals surface area (Å²) < 4.78 is 0. The number of hydrogen-bond donors (Lipinski definition) is 2. The van der Waals surface area contributed by atoms with Crippen LogP contribution in [0.15, 0.2) is 23.5 Å². The van der Waals surface area contributed by atoms with Crippen LogP contribution in [0.1, 0.15) is 72.1 Å². The van der Waals surface area contributed by atoms with Gasteiger partial charge in [-0.25, -0.2) is 14.8 Å². The minimum atomic E-state index is 0.0830. The summed E-state index contributed by atoms with van der Waals surface area (Å²) in [5.41, 5.74) is 1.77. The first kappa shape index (κ1) is 23.5. The molecule has 6 nitrogen and oxygen atoms in total. The Hall–Kier alpha value is -1.76. The van der Waals surface area contributed by atoms with Crippen LogP contribution in [0.25, 0.3) is 11.2 Å². The molecule has 0 bridgehead atoms. The number of thioether (sulfide) groups is 1. The van der Waals surface area contributed by atoms with Crippen molar-refractivity contribution in [2.24, 2.45) is 0 Å². The summed E-state index contributed by atoms with van der Waals surface area (Å²) >= 11 is 1.74. The number of nitrogens with zero attached hydrogens (tertiary/aromatic N) is 3. The van der Waals surface area contributed by atoms with Crippen molar-refractivity contribution < 1.29 is 4.79 Å². The summed E-state index contributed by atoms with van der Waals surface area (Å²) in [7, 11) is 0. The molecule has 0 aliphatic rings. The van der Waals surface area contributed by atoms with Gasteiger partial charge in [-0.3, -0.25) is 0 Å². The first-order chi connectivity index (χ1) is 14.1. The number of unbranched alkanes of at least 4 members (excludes halogenated alkanes) is 6. The fourth-order valence-corrected chi connectivity index (χ4v) is 4.08. The van der Waals surface area contributed by atoms with Crippen molar-refractivity contribution in [2.45, 2.75) is 83.3 Å². The summed E-state index contributed by atoms with van der Waals surface area (Å²) in [5, 5.41) is 3.98. The molecule has 2 heterocycles. The molecule has 0 fully saturated rings. The number of urea groups is 1. The molecule has 0 saturated carbocycles. The van der Waals surface area contributed by atoms with E-state index in [-0.39, 0.29) is 12.1 Å². The van der Waals surface area contributed by atoms with E-state index in [9.17, 15) is 4.79 Å². The standard InChI is InChI=1S/C22H37N5OS/c1-4-5-6-7-9-15-27(22(28)24-18(2)3)16-10-8-11-17-29-21-25-19-13-12-14-23-20(19)26-21/h12-14,18H,4-11,15-17H2,1-3H3,(H,24,28)(H,23,25,26). The van der Waals surface area contributed by atoms with Crippen LogP contribution < -0.4 is 5.32 Å². The zero-order chi connectivity index (χ0) is 20.9. The molecule has 0 aliphatic heterocycles. The number of rotatable bonds is 14. The Morgan fingerprint density at radius 3 is 2.55 bits per heavy atom. The number of pyridine rings is 1. The molecule has 2 amide bonds. The van der Waals surface area contributed by atoms with E-state index in [1.54, 1.807) is 18.0 Å². The highest BCUT2D eigenvalue weighted by Gasteiger charge is 2.13. The molecule has 7 heteroatoms. The number of hydrogen-bond acceptors (Lipinski definition) is 4. The molecule has 0 aromatic carbocycles. The van der Waals surface area contributed by atoms with Gasteiger partial charge in [0.05, 0.1) is 5.52 Å². The van der Waals surface area contributed by atoms with Gasteiger partial charge >= 0.3 is 6.03 Å². The molecular formula is C22H37N5OS. The molecule has 0 atom stereocenters. The first-order valence-electron chi connectivity index (χ1n) is 11.1. The van der Waals surface area contributed by atoms with Crippen LogP contribution in [0.3, 0.4) is 0 Å². The van der Waals surface area contributed by atoms with Crippen LogP contribution in [-0.4, -0.2) is 50.8 Å². The zero-order valence-electron chi connectivity index (χ0n) is 18.2. The predicted molar refractivity (Wildman–Crippen MR) is 122 cm³/mol. The van der Waals surface area contributed by atoms with Gasteiger partial charge < -0.3 is 15.2 Å². The number of amides is 2. The third-order valence-corrected chi connectivity index (χ3v) is 5.74. The third kappa shape index (κ3) is 9.07. The zero-order valence-corrected chi connectivity index (χ0v) is 19.1. The van der Waals surface area contributed by atoms with Gasteiger partial charge in [-0.15, -0.1) is 0 Å². The van der Waals surface area contributed by atoms with E-state index in [4.69, 9.17) is 0 Å². The summed E-state index contributed by atoms with van der Waals surface area (Å²) in [6.45, 7) is 7.96. The lowest BCUT2D eigenvalue weighted by molar-refractivity contribution is 0.192. The molecule has 0 unspecified atom stereocenters. The lowest BCUT2D eigenvalue weighted by Gasteiger charge is -2.24. The lowest BCUT2D eigenvalue weighted by atomic mass is 10.1. The molecule has 0 aliphatic carbocycles. The molecule has 0 saturated heterocycles. The van der Waals surface area contributed by atoms with Gasteiger partial charge in [-0.05, 0) is 45.2 Å². The normalized spacial score (nSPS) is 11.3. The van der Waals surface area contributed by atoms with Crippen LogP contribution in [-0.2, 0) is 0 Å². The van der Waals surface area contributed by atoms with E-state index >= 15 is 0 Å². The van der Waals surface area contributed by atoms with Gasteiger partial charge in [-0.2, -0.15) is 0 Å². The highest BCUT2D eigenvalue weighted by Crippen LogP contribution is 2.19. The minimum Gasteiger partial charge on any atom is -0.336 e. The topological polar surface area (TPSA) is 73.9 Å². The average Bonchev–Trinajstić information content (AvgIpc) is 3.11. The lowest BCUT2D eigenvalue weighted by Crippen LogP contribution is -2.43. The van der Waals surface area contributed by atoms with Gasteiger partial charge in [0.25, 0.3) is 0 Å². The van der Waals surface area contributed by atoms with Gasteiger partial charge in [0, 0.05) is 31.1 Å². The maximum absolute atomic E-state index is 12.5. The largest absolute Gasteiger partial charge is 0.336 e. The second kappa shape index (κ2) is 13.5. The maximum Gasteiger partial charge on any atom is 0.317 e. The average molecular weight is 420 g/mol. The smallest absolute Gasteiger partial charge is 0.317 e. The Bertz CT molecular complexity index is 685. The molecule has 2 rings (SSSR count). The summed E-state index contributed by atoms with van der Waals surface area (Å²) in [5.74, 6) is 1.02. The quantitative estimate of drug-likeness (QED) is 0.308.